The molecule has 0 aliphatic rings. The van der Waals surface area contributed by atoms with Gasteiger partial charge in [-0.2, -0.15) is 0 Å². The average Bonchev–Trinajstić information content (AvgIpc) is 1.69. The van der Waals surface area contributed by atoms with Crippen LogP contribution in [0.2, 0.25) is 0 Å². The molecule has 42 valence electrons. The van der Waals surface area contributed by atoms with Crippen LogP contribution < -0.4 is 0 Å². The first kappa shape index (κ1) is 11.1. The predicted octanol–water partition coefficient (Wildman–Crippen LogP) is 3.18. The van der Waals surface area contributed by atoms with Crippen molar-refractivity contribution in [1.29, 1.82) is 0 Å². The molecule has 0 rings (SSSR count). The van der Waals surface area contributed by atoms with E-state index in [0.717, 1.165) is 0 Å². The van der Waals surface area contributed by atoms with Gasteiger partial charge in [-0.3, -0.25) is 0 Å². The molecule has 0 saturated carbocycles. The van der Waals surface area contributed by atoms with Crippen LogP contribution in [0.4, 0.5) is 0 Å². The van der Waals surface area contributed by atoms with Crippen LogP contribution in [0, 0.1) is 0 Å². The van der Waals surface area contributed by atoms with Crippen molar-refractivity contribution in [2.24, 2.45) is 0 Å². The van der Waals surface area contributed by atoms with Gasteiger partial charge in [0.2, 0.25) is 0 Å². The standard InChI is InChI=1S/C4H10.2ClH.Zn/c1-3-4-2;;;/h3-4H2,1-2H3;2*1H;/q;;;+2/p-2. The van der Waals surface area contributed by atoms with Crippen LogP contribution in [0.3, 0.4) is 0 Å². The fraction of sp³-hybridized carbons (Fsp3) is 1.00. The van der Waals surface area contributed by atoms with Crippen LogP contribution in [0.25, 0.3) is 0 Å². The molecule has 0 aliphatic heterocycles. The molecule has 0 heterocycles. The number of unbranched alkanes of at least 4 members (excludes halogenated alkanes) is 1. The minimum absolute atomic E-state index is 0.931. The summed E-state index contributed by atoms with van der Waals surface area (Å²) in [7, 11) is 9.90. The molecular weight excluding hydrogens is 184 g/mol. The Morgan fingerprint density at radius 1 is 1.14 bits per heavy atom. The Morgan fingerprint density at radius 2 is 1.29 bits per heavy atom. The van der Waals surface area contributed by atoms with Crippen LogP contribution in [0.1, 0.15) is 26.7 Å². The topological polar surface area (TPSA) is 0 Å². The van der Waals surface area contributed by atoms with Gasteiger partial charge in [0.25, 0.3) is 0 Å². The van der Waals surface area contributed by atoms with Crippen molar-refractivity contribution in [1.82, 2.24) is 0 Å². The Kier molecular flexibility index (Phi) is 24.8. The summed E-state index contributed by atoms with van der Waals surface area (Å²) in [6, 6.07) is 0. The SMILES string of the molecule is CCCC.[Cl][Zn][Cl]. The Balaban J connectivity index is 0. The summed E-state index contributed by atoms with van der Waals surface area (Å²) < 4.78 is 0. The third-order valence-corrected chi connectivity index (χ3v) is 0.500. The van der Waals surface area contributed by atoms with E-state index in [9.17, 15) is 0 Å². The number of hydrogen-bond acceptors (Lipinski definition) is 0. The second kappa shape index (κ2) is 15.7. The third-order valence-electron chi connectivity index (χ3n) is 0.500. The normalized spacial score (nSPS) is 5.71. The van der Waals surface area contributed by atoms with Gasteiger partial charge in [-0.1, -0.05) is 26.7 Å². The molecule has 0 aliphatic carbocycles. The first-order valence-corrected chi connectivity index (χ1v) is 10.2. The Hall–Kier alpha value is 1.20. The van der Waals surface area contributed by atoms with Gasteiger partial charge < -0.3 is 0 Å². The van der Waals surface area contributed by atoms with Crippen LogP contribution in [-0.4, -0.2) is 0 Å². The van der Waals surface area contributed by atoms with Crippen LogP contribution in [-0.2, 0) is 15.1 Å². The predicted molar refractivity (Wildman–Crippen MR) is 32.3 cm³/mol. The second-order valence-electron chi connectivity index (χ2n) is 1.10. The maximum atomic E-state index is 4.95. The molecular formula is C4H10Cl2Zn. The molecule has 0 spiro atoms. The first-order valence-electron chi connectivity index (χ1n) is 2.45. The van der Waals surface area contributed by atoms with Gasteiger partial charge in [-0.15, -0.1) is 0 Å². The van der Waals surface area contributed by atoms with Crippen molar-refractivity contribution in [3.8, 4) is 0 Å². The van der Waals surface area contributed by atoms with E-state index in [0.29, 0.717) is 0 Å². The molecule has 0 aromatic rings. The molecule has 0 nitrogen and oxygen atoms in total. The molecule has 0 saturated heterocycles. The van der Waals surface area contributed by atoms with E-state index >= 15 is 0 Å². The molecule has 0 aromatic heterocycles. The van der Waals surface area contributed by atoms with E-state index in [1.54, 1.807) is 0 Å². The van der Waals surface area contributed by atoms with Gasteiger partial charge in [0.15, 0.2) is 0 Å². The third kappa shape index (κ3) is 40.2. The number of rotatable bonds is 1. The van der Waals surface area contributed by atoms with Crippen molar-refractivity contribution in [2.75, 3.05) is 0 Å². The Morgan fingerprint density at radius 3 is 1.29 bits per heavy atom. The van der Waals surface area contributed by atoms with E-state index in [2.05, 4.69) is 13.8 Å². The van der Waals surface area contributed by atoms with Gasteiger partial charge in [0, 0.05) is 0 Å². The van der Waals surface area contributed by atoms with Crippen molar-refractivity contribution >= 4 is 19.4 Å². The summed E-state index contributed by atoms with van der Waals surface area (Å²) in [5.41, 5.74) is 0. The van der Waals surface area contributed by atoms with Gasteiger partial charge >= 0.3 is 34.5 Å². The quantitative estimate of drug-likeness (QED) is 0.563. The van der Waals surface area contributed by atoms with E-state index in [1.807, 2.05) is 0 Å². The van der Waals surface area contributed by atoms with Gasteiger partial charge in [0.05, 0.1) is 0 Å². The molecule has 7 heavy (non-hydrogen) atoms. The van der Waals surface area contributed by atoms with E-state index < -0.39 is 15.1 Å². The van der Waals surface area contributed by atoms with E-state index in [1.165, 1.54) is 12.8 Å². The molecule has 0 aromatic carbocycles. The zero-order chi connectivity index (χ0) is 6.12. The molecule has 3 heteroatoms. The molecule has 0 fully saturated rings. The average molecular weight is 194 g/mol. The summed E-state index contributed by atoms with van der Waals surface area (Å²) in [6.45, 7) is 4.36. The molecule has 0 unspecified atom stereocenters. The number of hydrogen-bond donors (Lipinski definition) is 0. The summed E-state index contributed by atoms with van der Waals surface area (Å²) in [5, 5.41) is 0. The zero-order valence-electron chi connectivity index (χ0n) is 4.88. The summed E-state index contributed by atoms with van der Waals surface area (Å²) >= 11 is -0.931. The van der Waals surface area contributed by atoms with Gasteiger partial charge in [-0.25, -0.2) is 0 Å². The van der Waals surface area contributed by atoms with Crippen LogP contribution in [0.5, 0.6) is 0 Å². The second-order valence-corrected chi connectivity index (χ2v) is 5.72. The summed E-state index contributed by atoms with van der Waals surface area (Å²) in [4.78, 5) is 0. The summed E-state index contributed by atoms with van der Waals surface area (Å²) in [5.74, 6) is 0. The van der Waals surface area contributed by atoms with Crippen molar-refractivity contribution in [2.45, 2.75) is 26.7 Å². The van der Waals surface area contributed by atoms with E-state index in [4.69, 9.17) is 19.4 Å². The first-order chi connectivity index (χ1) is 3.33. The van der Waals surface area contributed by atoms with Crippen LogP contribution in [0.15, 0.2) is 0 Å². The molecule has 0 radical (unpaired) electrons. The Bertz CT molecular complexity index is 17.2. The van der Waals surface area contributed by atoms with Crippen molar-refractivity contribution < 1.29 is 15.1 Å². The molecule has 0 bridgehead atoms. The summed E-state index contributed by atoms with van der Waals surface area (Å²) in [6.07, 6.45) is 2.64. The molecule has 0 atom stereocenters. The number of halogens is 2. The zero-order valence-corrected chi connectivity index (χ0v) is 9.36. The maximum absolute atomic E-state index is 4.95. The Labute approximate surface area is 61.3 Å². The fourth-order valence-electron chi connectivity index (χ4n) is 0. The molecule has 0 amide bonds. The minimum atomic E-state index is -0.931. The molecule has 0 N–H and O–H groups in total. The van der Waals surface area contributed by atoms with Crippen molar-refractivity contribution in [3.05, 3.63) is 0 Å². The fourth-order valence-corrected chi connectivity index (χ4v) is 0. The van der Waals surface area contributed by atoms with Gasteiger partial charge in [0.1, 0.15) is 0 Å². The monoisotopic (exact) mass is 192 g/mol. The van der Waals surface area contributed by atoms with Crippen LogP contribution >= 0.6 is 19.4 Å². The van der Waals surface area contributed by atoms with E-state index in [-0.39, 0.29) is 0 Å². The van der Waals surface area contributed by atoms with Gasteiger partial charge in [-0.05, 0) is 0 Å². The van der Waals surface area contributed by atoms with Crippen molar-refractivity contribution in [3.63, 3.8) is 0 Å².